The molecule has 0 aromatic heterocycles. The number of hydrogen-bond donors (Lipinski definition) is 0. The number of fused-ring (bicyclic) bond motifs is 1. The smallest absolute Gasteiger partial charge is 0.243 e. The van der Waals surface area contributed by atoms with Crippen molar-refractivity contribution < 1.29 is 13.2 Å². The second kappa shape index (κ2) is 6.63. The molecule has 3 aromatic rings. The molecular formula is C19H19NO3S. The molecule has 0 heterocycles. The molecule has 0 N–H and O–H groups in total. The van der Waals surface area contributed by atoms with Crippen LogP contribution in [-0.4, -0.2) is 26.9 Å². The van der Waals surface area contributed by atoms with Gasteiger partial charge in [0.2, 0.25) is 10.0 Å². The summed E-state index contributed by atoms with van der Waals surface area (Å²) in [4.78, 5) is 0.256. The average molecular weight is 341 g/mol. The predicted molar refractivity (Wildman–Crippen MR) is 95.6 cm³/mol. The minimum Gasteiger partial charge on any atom is -0.497 e. The van der Waals surface area contributed by atoms with Crippen LogP contribution in [0.2, 0.25) is 0 Å². The number of methoxy groups -OCH3 is 1. The molecule has 0 saturated heterocycles. The van der Waals surface area contributed by atoms with Crippen LogP contribution in [0.5, 0.6) is 5.75 Å². The van der Waals surface area contributed by atoms with Crippen LogP contribution in [0.3, 0.4) is 0 Å². The van der Waals surface area contributed by atoms with E-state index in [1.54, 1.807) is 38.4 Å². The molecule has 3 rings (SSSR count). The third-order valence-corrected chi connectivity index (χ3v) is 5.80. The maximum atomic E-state index is 12.7. The van der Waals surface area contributed by atoms with E-state index in [0.717, 1.165) is 16.3 Å². The van der Waals surface area contributed by atoms with Gasteiger partial charge in [0.05, 0.1) is 12.0 Å². The highest BCUT2D eigenvalue weighted by atomic mass is 32.2. The fraction of sp³-hybridized carbons (Fsp3) is 0.158. The third-order valence-electron chi connectivity index (χ3n) is 3.99. The Morgan fingerprint density at radius 3 is 2.25 bits per heavy atom. The molecule has 5 heteroatoms. The highest BCUT2D eigenvalue weighted by molar-refractivity contribution is 7.89. The van der Waals surface area contributed by atoms with Gasteiger partial charge < -0.3 is 4.74 Å². The zero-order chi connectivity index (χ0) is 17.2. The lowest BCUT2D eigenvalue weighted by molar-refractivity contribution is 0.414. The lowest BCUT2D eigenvalue weighted by Gasteiger charge is -2.18. The Kier molecular flexibility index (Phi) is 4.55. The summed E-state index contributed by atoms with van der Waals surface area (Å²) in [5, 5.41) is 2.24. The first-order valence-corrected chi connectivity index (χ1v) is 9.03. The SMILES string of the molecule is COc1ccc(S(=O)(=O)N(C)Cc2ccc3ccccc3c2)cc1. The zero-order valence-corrected chi connectivity index (χ0v) is 14.5. The topological polar surface area (TPSA) is 46.6 Å². The van der Waals surface area contributed by atoms with Gasteiger partial charge in [0.15, 0.2) is 0 Å². The van der Waals surface area contributed by atoms with Crippen LogP contribution in [0, 0.1) is 0 Å². The molecule has 0 atom stereocenters. The summed E-state index contributed by atoms with van der Waals surface area (Å²) in [6.45, 7) is 0.319. The van der Waals surface area contributed by atoms with Crippen molar-refractivity contribution in [2.75, 3.05) is 14.2 Å². The average Bonchev–Trinajstić information content (AvgIpc) is 2.61. The highest BCUT2D eigenvalue weighted by Gasteiger charge is 2.20. The summed E-state index contributed by atoms with van der Waals surface area (Å²) < 4.78 is 31.8. The minimum atomic E-state index is -3.54. The number of nitrogens with zero attached hydrogens (tertiary/aromatic N) is 1. The lowest BCUT2D eigenvalue weighted by atomic mass is 10.1. The Bertz CT molecular complexity index is 950. The van der Waals surface area contributed by atoms with E-state index in [-0.39, 0.29) is 4.90 Å². The number of sulfonamides is 1. The van der Waals surface area contributed by atoms with E-state index in [1.165, 1.54) is 4.31 Å². The number of rotatable bonds is 5. The minimum absolute atomic E-state index is 0.256. The van der Waals surface area contributed by atoms with E-state index < -0.39 is 10.0 Å². The molecule has 0 fully saturated rings. The van der Waals surface area contributed by atoms with Crippen LogP contribution in [-0.2, 0) is 16.6 Å². The van der Waals surface area contributed by atoms with Crippen LogP contribution in [0.15, 0.2) is 71.6 Å². The summed E-state index contributed by atoms with van der Waals surface area (Å²) in [7, 11) is -0.395. The Hall–Kier alpha value is -2.37. The van der Waals surface area contributed by atoms with Gasteiger partial charge in [-0.3, -0.25) is 0 Å². The maximum absolute atomic E-state index is 12.7. The summed E-state index contributed by atoms with van der Waals surface area (Å²) in [6.07, 6.45) is 0. The molecule has 0 aliphatic rings. The van der Waals surface area contributed by atoms with Gasteiger partial charge in [-0.05, 0) is 46.7 Å². The van der Waals surface area contributed by atoms with Crippen LogP contribution in [0.4, 0.5) is 0 Å². The molecule has 0 amide bonds. The number of benzene rings is 3. The fourth-order valence-corrected chi connectivity index (χ4v) is 3.77. The first kappa shape index (κ1) is 16.5. The predicted octanol–water partition coefficient (Wildman–Crippen LogP) is 3.67. The Morgan fingerprint density at radius 1 is 0.917 bits per heavy atom. The largest absolute Gasteiger partial charge is 0.497 e. The quantitative estimate of drug-likeness (QED) is 0.711. The van der Waals surface area contributed by atoms with E-state index in [4.69, 9.17) is 4.74 Å². The monoisotopic (exact) mass is 341 g/mol. The van der Waals surface area contributed by atoms with Crippen molar-refractivity contribution in [3.63, 3.8) is 0 Å². The molecule has 0 aliphatic carbocycles. The van der Waals surface area contributed by atoms with Crippen molar-refractivity contribution in [1.82, 2.24) is 4.31 Å². The standard InChI is InChI=1S/C19H19NO3S/c1-20(24(21,22)19-11-9-18(23-2)10-12-19)14-15-7-8-16-5-3-4-6-17(16)13-15/h3-13H,14H2,1-2H3. The van der Waals surface area contributed by atoms with Gasteiger partial charge in [-0.15, -0.1) is 0 Å². The molecule has 0 bridgehead atoms. The van der Waals surface area contributed by atoms with Gasteiger partial charge in [0, 0.05) is 13.6 Å². The van der Waals surface area contributed by atoms with Crippen molar-refractivity contribution >= 4 is 20.8 Å². The van der Waals surface area contributed by atoms with E-state index in [2.05, 4.69) is 0 Å². The molecule has 0 radical (unpaired) electrons. The number of hydrogen-bond acceptors (Lipinski definition) is 3. The number of ether oxygens (including phenoxy) is 1. The Morgan fingerprint density at radius 2 is 1.58 bits per heavy atom. The van der Waals surface area contributed by atoms with Crippen molar-refractivity contribution in [3.05, 3.63) is 72.3 Å². The summed E-state index contributed by atoms with van der Waals surface area (Å²) in [6, 6.07) is 20.4. The van der Waals surface area contributed by atoms with E-state index in [0.29, 0.717) is 12.3 Å². The molecule has 24 heavy (non-hydrogen) atoms. The van der Waals surface area contributed by atoms with E-state index in [9.17, 15) is 8.42 Å². The molecule has 0 saturated carbocycles. The zero-order valence-electron chi connectivity index (χ0n) is 13.6. The lowest BCUT2D eigenvalue weighted by Crippen LogP contribution is -2.26. The van der Waals surface area contributed by atoms with E-state index >= 15 is 0 Å². The summed E-state index contributed by atoms with van der Waals surface area (Å²) in [5.74, 6) is 0.631. The normalized spacial score (nSPS) is 11.8. The van der Waals surface area contributed by atoms with Gasteiger partial charge in [-0.25, -0.2) is 8.42 Å². The Balaban J connectivity index is 1.84. The maximum Gasteiger partial charge on any atom is 0.243 e. The van der Waals surface area contributed by atoms with Crippen LogP contribution < -0.4 is 4.74 Å². The third kappa shape index (κ3) is 3.27. The fourth-order valence-electron chi connectivity index (χ4n) is 2.61. The molecule has 4 nitrogen and oxygen atoms in total. The highest BCUT2D eigenvalue weighted by Crippen LogP contribution is 2.21. The van der Waals surface area contributed by atoms with Crippen molar-refractivity contribution in [3.8, 4) is 5.75 Å². The van der Waals surface area contributed by atoms with E-state index in [1.807, 2.05) is 42.5 Å². The summed E-state index contributed by atoms with van der Waals surface area (Å²) in [5.41, 5.74) is 0.952. The second-order valence-corrected chi connectivity index (χ2v) is 7.66. The van der Waals surface area contributed by atoms with Crippen LogP contribution >= 0.6 is 0 Å². The van der Waals surface area contributed by atoms with Crippen LogP contribution in [0.25, 0.3) is 10.8 Å². The van der Waals surface area contributed by atoms with Crippen molar-refractivity contribution in [1.29, 1.82) is 0 Å². The first-order chi connectivity index (χ1) is 11.5. The van der Waals surface area contributed by atoms with Crippen LogP contribution in [0.1, 0.15) is 5.56 Å². The second-order valence-electron chi connectivity index (χ2n) is 5.62. The molecule has 3 aromatic carbocycles. The molecule has 0 spiro atoms. The molecular weight excluding hydrogens is 322 g/mol. The molecule has 0 unspecified atom stereocenters. The summed E-state index contributed by atoms with van der Waals surface area (Å²) >= 11 is 0. The van der Waals surface area contributed by atoms with Gasteiger partial charge >= 0.3 is 0 Å². The molecule has 0 aliphatic heterocycles. The molecule has 124 valence electrons. The van der Waals surface area contributed by atoms with Crippen molar-refractivity contribution in [2.45, 2.75) is 11.4 Å². The van der Waals surface area contributed by atoms with Gasteiger partial charge in [-0.1, -0.05) is 36.4 Å². The van der Waals surface area contributed by atoms with Gasteiger partial charge in [0.1, 0.15) is 5.75 Å². The first-order valence-electron chi connectivity index (χ1n) is 7.59. The Labute approximate surface area is 142 Å². The van der Waals surface area contributed by atoms with Gasteiger partial charge in [-0.2, -0.15) is 4.31 Å². The van der Waals surface area contributed by atoms with Gasteiger partial charge in [0.25, 0.3) is 0 Å². The van der Waals surface area contributed by atoms with Crippen molar-refractivity contribution in [2.24, 2.45) is 0 Å².